The fraction of sp³-hybridized carbons (Fsp3) is 0.923. The zero-order valence-corrected chi connectivity index (χ0v) is 13.1. The maximum Gasteiger partial charge on any atom is 0.189 e. The molecule has 2 aliphatic carbocycles. The molecule has 3 rings (SSSR count). The van der Waals surface area contributed by atoms with Gasteiger partial charge in [0.15, 0.2) is 5.96 Å². The predicted octanol–water partition coefficient (Wildman–Crippen LogP) is 2.02. The molecule has 0 spiro atoms. The summed E-state index contributed by atoms with van der Waals surface area (Å²) >= 11 is 0. The van der Waals surface area contributed by atoms with Gasteiger partial charge in [-0.3, -0.25) is 0 Å². The van der Waals surface area contributed by atoms with E-state index in [0.717, 1.165) is 13.0 Å². The molecule has 0 aromatic carbocycles. The molecule has 104 valence electrons. The highest BCUT2D eigenvalue weighted by atomic mass is 127. The van der Waals surface area contributed by atoms with Gasteiger partial charge < -0.3 is 15.8 Å². The largest absolute Gasteiger partial charge is 0.378 e. The van der Waals surface area contributed by atoms with E-state index in [1.807, 2.05) is 0 Å². The van der Waals surface area contributed by atoms with E-state index in [-0.39, 0.29) is 24.0 Å². The Labute approximate surface area is 126 Å². The van der Waals surface area contributed by atoms with Crippen LogP contribution >= 0.6 is 24.0 Å². The lowest BCUT2D eigenvalue weighted by Crippen LogP contribution is -2.50. The van der Waals surface area contributed by atoms with E-state index < -0.39 is 0 Å². The van der Waals surface area contributed by atoms with Crippen LogP contribution in [0.3, 0.4) is 0 Å². The van der Waals surface area contributed by atoms with Crippen molar-refractivity contribution in [2.45, 2.75) is 63.1 Å². The Morgan fingerprint density at radius 2 is 1.94 bits per heavy atom. The van der Waals surface area contributed by atoms with Crippen LogP contribution in [0.1, 0.15) is 44.9 Å². The summed E-state index contributed by atoms with van der Waals surface area (Å²) in [7, 11) is 0. The zero-order valence-electron chi connectivity index (χ0n) is 10.8. The molecule has 18 heavy (non-hydrogen) atoms. The number of nitrogens with one attached hydrogen (secondary N) is 1. The van der Waals surface area contributed by atoms with Crippen molar-refractivity contribution in [2.75, 3.05) is 6.61 Å². The number of rotatable bonds is 2. The lowest BCUT2D eigenvalue weighted by atomic mass is 9.73. The predicted molar refractivity (Wildman–Crippen MR) is 83.3 cm³/mol. The quantitative estimate of drug-likeness (QED) is 0.447. The summed E-state index contributed by atoms with van der Waals surface area (Å²) in [5.74, 6) is 1.29. The lowest BCUT2D eigenvalue weighted by molar-refractivity contribution is -0.0938. The fourth-order valence-corrected chi connectivity index (χ4v) is 3.41. The van der Waals surface area contributed by atoms with E-state index in [2.05, 4.69) is 10.3 Å². The minimum atomic E-state index is 0. The van der Waals surface area contributed by atoms with Crippen molar-refractivity contribution in [1.29, 1.82) is 0 Å². The third-order valence-electron chi connectivity index (χ3n) is 4.47. The molecule has 3 unspecified atom stereocenters. The maximum atomic E-state index is 5.98. The van der Waals surface area contributed by atoms with Crippen LogP contribution in [-0.4, -0.2) is 30.8 Å². The number of hydrogen-bond donors (Lipinski definition) is 2. The molecule has 1 saturated heterocycles. The van der Waals surface area contributed by atoms with E-state index in [4.69, 9.17) is 10.5 Å². The van der Waals surface area contributed by atoms with Crippen LogP contribution in [-0.2, 0) is 4.74 Å². The minimum Gasteiger partial charge on any atom is -0.378 e. The van der Waals surface area contributed by atoms with Gasteiger partial charge in [-0.2, -0.15) is 0 Å². The van der Waals surface area contributed by atoms with Gasteiger partial charge in [0.05, 0.1) is 12.1 Å². The summed E-state index contributed by atoms with van der Waals surface area (Å²) in [4.78, 5) is 4.63. The van der Waals surface area contributed by atoms with Gasteiger partial charge in [-0.15, -0.1) is 24.0 Å². The number of nitrogens with zero attached hydrogens (tertiary/aromatic N) is 1. The second kappa shape index (κ2) is 6.41. The topological polar surface area (TPSA) is 59.6 Å². The summed E-state index contributed by atoms with van der Waals surface area (Å²) in [6, 6.07) is 0.978. The minimum absolute atomic E-state index is 0. The molecule has 0 amide bonds. The Balaban J connectivity index is 0.00000120. The highest BCUT2D eigenvalue weighted by Gasteiger charge is 2.43. The van der Waals surface area contributed by atoms with E-state index in [9.17, 15) is 0 Å². The van der Waals surface area contributed by atoms with E-state index in [1.165, 1.54) is 38.5 Å². The number of halogens is 1. The first kappa shape index (κ1) is 14.4. The van der Waals surface area contributed by atoms with Crippen LogP contribution in [0.5, 0.6) is 0 Å². The van der Waals surface area contributed by atoms with E-state index >= 15 is 0 Å². The number of guanidine groups is 1. The zero-order chi connectivity index (χ0) is 11.7. The molecular weight excluding hydrogens is 341 g/mol. The number of hydrogen-bond acceptors (Lipinski definition) is 2. The normalized spacial score (nSPS) is 36.4. The molecule has 3 aliphatic rings. The van der Waals surface area contributed by atoms with Gasteiger partial charge in [0.2, 0.25) is 0 Å². The van der Waals surface area contributed by atoms with Crippen molar-refractivity contribution in [3.8, 4) is 0 Å². The Morgan fingerprint density at radius 1 is 1.17 bits per heavy atom. The van der Waals surface area contributed by atoms with Crippen LogP contribution in [0.4, 0.5) is 0 Å². The van der Waals surface area contributed by atoms with E-state index in [0.29, 0.717) is 30.1 Å². The summed E-state index contributed by atoms with van der Waals surface area (Å²) in [6.45, 7) is 0.938. The molecule has 0 radical (unpaired) electrons. The molecule has 3 N–H and O–H groups in total. The van der Waals surface area contributed by atoms with Crippen LogP contribution in [0.2, 0.25) is 0 Å². The molecule has 3 fully saturated rings. The lowest BCUT2D eigenvalue weighted by Gasteiger charge is -2.45. The molecule has 0 aromatic rings. The molecule has 3 atom stereocenters. The molecule has 4 nitrogen and oxygen atoms in total. The molecule has 1 heterocycles. The monoisotopic (exact) mass is 365 g/mol. The van der Waals surface area contributed by atoms with Gasteiger partial charge in [-0.05, 0) is 32.1 Å². The molecule has 0 aromatic heterocycles. The average Bonchev–Trinajstić information content (AvgIpc) is 2.79. The SMILES string of the molecule is I.NC(=NC1CC2OCCCC12)NC1CCCC1. The first-order valence-corrected chi connectivity index (χ1v) is 7.04. The first-order valence-electron chi connectivity index (χ1n) is 7.04. The van der Waals surface area contributed by atoms with Crippen LogP contribution in [0.15, 0.2) is 4.99 Å². The Kier molecular flexibility index (Phi) is 5.12. The number of nitrogens with two attached hydrogens (primary N) is 1. The molecular formula is C13H24IN3O. The van der Waals surface area contributed by atoms with Gasteiger partial charge in [0.1, 0.15) is 0 Å². The van der Waals surface area contributed by atoms with Gasteiger partial charge in [0, 0.05) is 18.6 Å². The number of ether oxygens (including phenoxy) is 1. The van der Waals surface area contributed by atoms with Crippen molar-refractivity contribution in [3.05, 3.63) is 0 Å². The van der Waals surface area contributed by atoms with Crippen LogP contribution in [0, 0.1) is 5.92 Å². The highest BCUT2D eigenvalue weighted by molar-refractivity contribution is 14.0. The second-order valence-corrected chi connectivity index (χ2v) is 5.66. The van der Waals surface area contributed by atoms with Crippen molar-refractivity contribution in [1.82, 2.24) is 5.32 Å². The van der Waals surface area contributed by atoms with Gasteiger partial charge in [0.25, 0.3) is 0 Å². The Bertz CT molecular complexity index is 305. The highest BCUT2D eigenvalue weighted by Crippen LogP contribution is 2.39. The molecule has 0 bridgehead atoms. The average molecular weight is 365 g/mol. The van der Waals surface area contributed by atoms with Crippen molar-refractivity contribution >= 4 is 29.9 Å². The fourth-order valence-electron chi connectivity index (χ4n) is 3.41. The van der Waals surface area contributed by atoms with Gasteiger partial charge >= 0.3 is 0 Å². The third-order valence-corrected chi connectivity index (χ3v) is 4.47. The van der Waals surface area contributed by atoms with Gasteiger partial charge in [-0.25, -0.2) is 4.99 Å². The molecule has 1 aliphatic heterocycles. The van der Waals surface area contributed by atoms with Crippen molar-refractivity contribution in [3.63, 3.8) is 0 Å². The Morgan fingerprint density at radius 3 is 2.67 bits per heavy atom. The van der Waals surface area contributed by atoms with Crippen LogP contribution < -0.4 is 11.1 Å². The van der Waals surface area contributed by atoms with Gasteiger partial charge in [-0.1, -0.05) is 12.8 Å². The van der Waals surface area contributed by atoms with E-state index in [1.54, 1.807) is 0 Å². The Hall–Kier alpha value is -0.0400. The summed E-state index contributed by atoms with van der Waals surface area (Å²) < 4.78 is 5.69. The number of fused-ring (bicyclic) bond motifs is 1. The smallest absolute Gasteiger partial charge is 0.189 e. The van der Waals surface area contributed by atoms with Crippen LogP contribution in [0.25, 0.3) is 0 Å². The summed E-state index contributed by atoms with van der Waals surface area (Å²) in [5, 5.41) is 3.36. The van der Waals surface area contributed by atoms with Crippen molar-refractivity contribution < 1.29 is 4.74 Å². The summed E-state index contributed by atoms with van der Waals surface area (Å²) in [5.41, 5.74) is 5.98. The number of aliphatic imine (C=N–C) groups is 1. The summed E-state index contributed by atoms with van der Waals surface area (Å²) in [6.07, 6.45) is 9.12. The molecule has 5 heteroatoms. The second-order valence-electron chi connectivity index (χ2n) is 5.66. The molecule has 2 saturated carbocycles. The maximum absolute atomic E-state index is 5.98. The standard InChI is InChI=1S/C13H23N3O.HI/c14-13(15-9-4-1-2-5-9)16-11-8-12-10(11)6-3-7-17-12;/h9-12H,1-8H2,(H3,14,15,16);1H. The first-order chi connectivity index (χ1) is 8.33. The third kappa shape index (κ3) is 3.10. The van der Waals surface area contributed by atoms with Crippen molar-refractivity contribution in [2.24, 2.45) is 16.6 Å².